The van der Waals surface area contributed by atoms with Crippen LogP contribution in [0.25, 0.3) is 11.5 Å². The number of amides is 1. The lowest BCUT2D eigenvalue weighted by atomic mass is 9.93. The zero-order chi connectivity index (χ0) is 18.8. The van der Waals surface area contributed by atoms with Crippen LogP contribution >= 0.6 is 0 Å². The van der Waals surface area contributed by atoms with Gasteiger partial charge in [-0.1, -0.05) is 18.2 Å². The molecule has 0 radical (unpaired) electrons. The summed E-state index contributed by atoms with van der Waals surface area (Å²) in [6, 6.07) is 11.5. The molecule has 1 aliphatic heterocycles. The molecule has 3 aromatic rings. The molecule has 27 heavy (non-hydrogen) atoms. The van der Waals surface area contributed by atoms with Crippen molar-refractivity contribution in [2.45, 2.75) is 32.6 Å². The summed E-state index contributed by atoms with van der Waals surface area (Å²) >= 11 is 0. The number of piperidine rings is 1. The summed E-state index contributed by atoms with van der Waals surface area (Å²) in [6.07, 6.45) is 3.79. The maximum atomic E-state index is 12.8. The summed E-state index contributed by atoms with van der Waals surface area (Å²) in [4.78, 5) is 31.6. The lowest BCUT2D eigenvalue weighted by molar-refractivity contribution is 0.0706. The van der Waals surface area contributed by atoms with E-state index in [1.165, 1.54) is 0 Å². The first kappa shape index (κ1) is 17.4. The number of rotatable bonds is 3. The Morgan fingerprint density at radius 3 is 2.74 bits per heavy atom. The average Bonchev–Trinajstić information content (AvgIpc) is 3.14. The first-order chi connectivity index (χ1) is 13.1. The molecule has 0 saturated carbocycles. The molecular weight excluding hydrogens is 338 g/mol. The van der Waals surface area contributed by atoms with Crippen molar-refractivity contribution in [1.29, 1.82) is 0 Å². The Morgan fingerprint density at radius 2 is 2.00 bits per heavy atom. The number of carbonyl (C=O) groups excluding carboxylic acids is 1. The van der Waals surface area contributed by atoms with Crippen LogP contribution in [-0.2, 0) is 0 Å². The summed E-state index contributed by atoms with van der Waals surface area (Å²) in [6.45, 7) is 5.34. The minimum Gasteiger partial charge on any atom is -0.341 e. The zero-order valence-electron chi connectivity index (χ0n) is 15.6. The molecular formula is C21H23N5O. The third kappa shape index (κ3) is 3.74. The fourth-order valence-corrected chi connectivity index (χ4v) is 3.63. The van der Waals surface area contributed by atoms with Gasteiger partial charge in [-0.15, -0.1) is 0 Å². The molecule has 1 fully saturated rings. The summed E-state index contributed by atoms with van der Waals surface area (Å²) in [5, 5.41) is 0. The summed E-state index contributed by atoms with van der Waals surface area (Å²) in [5.41, 5.74) is 3.53. The molecule has 0 spiro atoms. The van der Waals surface area contributed by atoms with Crippen molar-refractivity contribution in [1.82, 2.24) is 24.8 Å². The molecule has 6 nitrogen and oxygen atoms in total. The van der Waals surface area contributed by atoms with Crippen molar-refractivity contribution in [3.63, 3.8) is 0 Å². The van der Waals surface area contributed by atoms with Crippen LogP contribution in [0.4, 0.5) is 0 Å². The van der Waals surface area contributed by atoms with Gasteiger partial charge in [-0.3, -0.25) is 4.79 Å². The number of nitrogens with one attached hydrogen (secondary N) is 1. The van der Waals surface area contributed by atoms with Crippen LogP contribution in [0.1, 0.15) is 46.3 Å². The molecule has 0 aliphatic carbocycles. The number of imidazole rings is 1. The molecule has 138 valence electrons. The Labute approximate surface area is 158 Å². The van der Waals surface area contributed by atoms with E-state index < -0.39 is 0 Å². The highest BCUT2D eigenvalue weighted by Crippen LogP contribution is 2.28. The Hall–Kier alpha value is -3.02. The highest BCUT2D eigenvalue weighted by molar-refractivity contribution is 5.94. The van der Waals surface area contributed by atoms with E-state index in [0.717, 1.165) is 53.7 Å². The van der Waals surface area contributed by atoms with Gasteiger partial charge in [-0.2, -0.15) is 0 Å². The van der Waals surface area contributed by atoms with Crippen LogP contribution in [0.2, 0.25) is 0 Å². The van der Waals surface area contributed by atoms with Crippen molar-refractivity contribution < 1.29 is 4.79 Å². The van der Waals surface area contributed by atoms with E-state index >= 15 is 0 Å². The molecule has 1 atom stereocenters. The van der Waals surface area contributed by atoms with E-state index in [-0.39, 0.29) is 11.8 Å². The van der Waals surface area contributed by atoms with E-state index in [9.17, 15) is 4.79 Å². The molecule has 1 amide bonds. The van der Waals surface area contributed by atoms with Gasteiger partial charge in [0.25, 0.3) is 5.91 Å². The van der Waals surface area contributed by atoms with Gasteiger partial charge < -0.3 is 9.88 Å². The third-order valence-electron chi connectivity index (χ3n) is 4.95. The lowest BCUT2D eigenvalue weighted by Crippen LogP contribution is -2.39. The fourth-order valence-electron chi connectivity index (χ4n) is 3.63. The molecule has 3 heterocycles. The number of H-pyrrole nitrogens is 1. The van der Waals surface area contributed by atoms with Gasteiger partial charge in [-0.05, 0) is 44.9 Å². The van der Waals surface area contributed by atoms with Crippen molar-refractivity contribution in [2.24, 2.45) is 0 Å². The molecule has 1 N–H and O–H groups in total. The molecule has 2 aromatic heterocycles. The minimum atomic E-state index is 0.0907. The number of aromatic nitrogens is 4. The number of benzene rings is 1. The Bertz CT molecular complexity index is 950. The summed E-state index contributed by atoms with van der Waals surface area (Å²) in [5.74, 6) is 1.78. The van der Waals surface area contributed by atoms with Crippen LogP contribution < -0.4 is 0 Å². The quantitative estimate of drug-likeness (QED) is 0.775. The number of aromatic amines is 1. The van der Waals surface area contributed by atoms with Crippen molar-refractivity contribution in [3.05, 3.63) is 65.4 Å². The van der Waals surface area contributed by atoms with Crippen molar-refractivity contribution in [2.75, 3.05) is 13.1 Å². The first-order valence-electron chi connectivity index (χ1n) is 9.32. The van der Waals surface area contributed by atoms with E-state index in [2.05, 4.69) is 19.9 Å². The maximum absolute atomic E-state index is 12.8. The standard InChI is InChI=1S/C21H23N5O/c1-14-12-22-20(23-14)19-11-18(24-15(2)25-19)17-9-6-10-26(13-17)21(27)16-7-4-3-5-8-16/h3-5,7-8,11-12,17H,6,9-10,13H2,1-2H3,(H,22,23)/t17-/m0/s1. The highest BCUT2D eigenvalue weighted by atomic mass is 16.2. The molecule has 0 unspecified atom stereocenters. The second-order valence-corrected chi connectivity index (χ2v) is 7.10. The van der Waals surface area contributed by atoms with Gasteiger partial charge in [0.05, 0.1) is 0 Å². The van der Waals surface area contributed by atoms with Gasteiger partial charge in [0, 0.05) is 42.2 Å². The van der Waals surface area contributed by atoms with Crippen LogP contribution in [0.3, 0.4) is 0 Å². The molecule has 6 heteroatoms. The van der Waals surface area contributed by atoms with Gasteiger partial charge in [-0.25, -0.2) is 15.0 Å². The fraction of sp³-hybridized carbons (Fsp3) is 0.333. The molecule has 1 aromatic carbocycles. The lowest BCUT2D eigenvalue weighted by Gasteiger charge is -2.32. The van der Waals surface area contributed by atoms with Crippen LogP contribution in [-0.4, -0.2) is 43.8 Å². The maximum Gasteiger partial charge on any atom is 0.253 e. The van der Waals surface area contributed by atoms with Crippen molar-refractivity contribution in [3.8, 4) is 11.5 Å². The van der Waals surface area contributed by atoms with E-state index in [1.807, 2.05) is 55.1 Å². The Morgan fingerprint density at radius 1 is 1.19 bits per heavy atom. The highest BCUT2D eigenvalue weighted by Gasteiger charge is 2.27. The predicted molar refractivity (Wildman–Crippen MR) is 103 cm³/mol. The monoisotopic (exact) mass is 361 g/mol. The summed E-state index contributed by atoms with van der Waals surface area (Å²) < 4.78 is 0. The average molecular weight is 361 g/mol. The number of aryl methyl sites for hydroxylation is 2. The summed E-state index contributed by atoms with van der Waals surface area (Å²) in [7, 11) is 0. The second-order valence-electron chi connectivity index (χ2n) is 7.10. The molecule has 1 aliphatic rings. The number of hydrogen-bond donors (Lipinski definition) is 1. The molecule has 4 rings (SSSR count). The number of hydrogen-bond acceptors (Lipinski definition) is 4. The first-order valence-corrected chi connectivity index (χ1v) is 9.32. The van der Waals surface area contributed by atoms with E-state index in [0.29, 0.717) is 6.54 Å². The van der Waals surface area contributed by atoms with E-state index in [4.69, 9.17) is 0 Å². The Kier molecular flexibility index (Phi) is 4.71. The third-order valence-corrected chi connectivity index (χ3v) is 4.95. The topological polar surface area (TPSA) is 74.8 Å². The van der Waals surface area contributed by atoms with Crippen LogP contribution in [0, 0.1) is 13.8 Å². The zero-order valence-corrected chi connectivity index (χ0v) is 15.6. The molecule has 0 bridgehead atoms. The van der Waals surface area contributed by atoms with E-state index in [1.54, 1.807) is 6.20 Å². The predicted octanol–water partition coefficient (Wildman–Crippen LogP) is 3.50. The van der Waals surface area contributed by atoms with Gasteiger partial charge >= 0.3 is 0 Å². The Balaban J connectivity index is 1.58. The number of carbonyl (C=O) groups is 1. The molecule has 1 saturated heterocycles. The van der Waals surface area contributed by atoms with Gasteiger partial charge in [0.15, 0.2) is 5.82 Å². The minimum absolute atomic E-state index is 0.0907. The van der Waals surface area contributed by atoms with Crippen LogP contribution in [0.15, 0.2) is 42.6 Å². The normalized spacial score (nSPS) is 17.1. The SMILES string of the molecule is Cc1nc(-c2ncc(C)[nH]2)cc([C@H]2CCCN(C(=O)c3ccccc3)C2)n1. The van der Waals surface area contributed by atoms with Crippen molar-refractivity contribution >= 4 is 5.91 Å². The largest absolute Gasteiger partial charge is 0.341 e. The van der Waals surface area contributed by atoms with Crippen LogP contribution in [0.5, 0.6) is 0 Å². The number of likely N-dealkylation sites (tertiary alicyclic amines) is 1. The van der Waals surface area contributed by atoms with Gasteiger partial charge in [0.2, 0.25) is 0 Å². The van der Waals surface area contributed by atoms with Gasteiger partial charge in [0.1, 0.15) is 11.5 Å². The number of nitrogens with zero attached hydrogens (tertiary/aromatic N) is 4. The second kappa shape index (κ2) is 7.31. The smallest absolute Gasteiger partial charge is 0.253 e.